The van der Waals surface area contributed by atoms with E-state index in [1.807, 2.05) is 18.2 Å². The van der Waals surface area contributed by atoms with E-state index in [1.54, 1.807) is 6.07 Å². The van der Waals surface area contributed by atoms with Crippen LogP contribution in [0.25, 0.3) is 6.08 Å². The van der Waals surface area contributed by atoms with Gasteiger partial charge in [0.05, 0.1) is 0 Å². The molecule has 0 radical (unpaired) electrons. The number of carbonyl (C=O) groups excluding carboxylic acids is 1. The maximum atomic E-state index is 10.7. The van der Waals surface area contributed by atoms with E-state index in [9.17, 15) is 9.59 Å². The average molecular weight is 257 g/mol. The fourth-order valence-corrected chi connectivity index (χ4v) is 1.38. The van der Waals surface area contributed by atoms with E-state index in [4.69, 9.17) is 5.11 Å². The second-order valence-corrected chi connectivity index (χ2v) is 3.79. The first-order valence-electron chi connectivity index (χ1n) is 5.83. The molecule has 0 atom stereocenters. The largest absolute Gasteiger partial charge is 0.478 e. The van der Waals surface area contributed by atoms with Crippen LogP contribution in [0.15, 0.2) is 30.3 Å². The van der Waals surface area contributed by atoms with Crippen LogP contribution in [0.4, 0.5) is 0 Å². The zero-order valence-electron chi connectivity index (χ0n) is 10.6. The van der Waals surface area contributed by atoms with E-state index < -0.39 is 5.97 Å². The molecule has 0 bridgehead atoms. The summed E-state index contributed by atoms with van der Waals surface area (Å²) in [6.45, 7) is 1.97. The van der Waals surface area contributed by atoms with Gasteiger partial charge in [-0.2, -0.15) is 0 Å². The molecule has 0 fully saturated rings. The van der Waals surface area contributed by atoms with Crippen molar-refractivity contribution in [3.63, 3.8) is 0 Å². The molecule has 0 aliphatic rings. The number of amides is 1. The summed E-state index contributed by atoms with van der Waals surface area (Å²) in [5, 5.41) is 11.3. The predicted molar refractivity (Wildman–Crippen MR) is 73.3 cm³/mol. The number of hydrogen-bond donors (Lipinski definition) is 2. The van der Waals surface area contributed by atoms with Gasteiger partial charge in [0, 0.05) is 31.5 Å². The summed E-state index contributed by atoms with van der Waals surface area (Å²) in [6.07, 6.45) is 3.15. The average Bonchev–Trinajstić information content (AvgIpc) is 2.36. The first kappa shape index (κ1) is 14.5. The maximum absolute atomic E-state index is 10.7. The number of rotatable bonds is 4. The van der Waals surface area contributed by atoms with Gasteiger partial charge >= 0.3 is 5.97 Å². The first-order valence-corrected chi connectivity index (χ1v) is 5.83. The van der Waals surface area contributed by atoms with E-state index in [-0.39, 0.29) is 5.91 Å². The third-order valence-corrected chi connectivity index (χ3v) is 2.21. The van der Waals surface area contributed by atoms with Gasteiger partial charge in [-0.05, 0) is 17.7 Å². The number of carboxylic acid groups (broad SMARTS) is 1. The normalized spacial score (nSPS) is 9.74. The van der Waals surface area contributed by atoms with Crippen molar-refractivity contribution >= 4 is 18.0 Å². The molecule has 0 saturated heterocycles. The van der Waals surface area contributed by atoms with Gasteiger partial charge in [-0.1, -0.05) is 30.0 Å². The minimum atomic E-state index is -0.992. The summed E-state index contributed by atoms with van der Waals surface area (Å²) in [5.74, 6) is 4.83. The molecule has 98 valence electrons. The Hall–Kier alpha value is -2.54. The quantitative estimate of drug-likeness (QED) is 0.490. The second kappa shape index (κ2) is 7.72. The van der Waals surface area contributed by atoms with Crippen LogP contribution < -0.4 is 5.32 Å². The molecule has 4 nitrogen and oxygen atoms in total. The lowest BCUT2D eigenvalue weighted by atomic mass is 10.1. The highest BCUT2D eigenvalue weighted by molar-refractivity contribution is 5.85. The van der Waals surface area contributed by atoms with Crippen molar-refractivity contribution in [2.24, 2.45) is 0 Å². The summed E-state index contributed by atoms with van der Waals surface area (Å²) in [7, 11) is 0. The van der Waals surface area contributed by atoms with Crippen LogP contribution in [0.3, 0.4) is 0 Å². The highest BCUT2D eigenvalue weighted by atomic mass is 16.4. The van der Waals surface area contributed by atoms with Crippen molar-refractivity contribution in [3.8, 4) is 11.8 Å². The minimum Gasteiger partial charge on any atom is -0.478 e. The summed E-state index contributed by atoms with van der Waals surface area (Å²) < 4.78 is 0. The molecule has 1 rings (SSSR count). The third-order valence-electron chi connectivity index (χ3n) is 2.21. The van der Waals surface area contributed by atoms with Crippen LogP contribution >= 0.6 is 0 Å². The Labute approximate surface area is 112 Å². The SMILES string of the molecule is CC(=O)NCCC#Cc1ccccc1/C=C/C(=O)O. The minimum absolute atomic E-state index is 0.0772. The Bertz CT molecular complexity index is 550. The van der Waals surface area contributed by atoms with Gasteiger partial charge in [0.25, 0.3) is 0 Å². The molecule has 1 aromatic rings. The zero-order valence-corrected chi connectivity index (χ0v) is 10.6. The number of carbonyl (C=O) groups is 2. The van der Waals surface area contributed by atoms with E-state index >= 15 is 0 Å². The van der Waals surface area contributed by atoms with E-state index in [0.29, 0.717) is 13.0 Å². The number of benzene rings is 1. The standard InChI is InChI=1S/C15H15NO3/c1-12(17)16-11-5-4-8-13-6-2-3-7-14(13)9-10-15(18)19/h2-3,6-7,9-10H,5,11H2,1H3,(H,16,17)(H,18,19)/b10-9+. The van der Waals surface area contributed by atoms with Gasteiger partial charge in [0.1, 0.15) is 0 Å². The molecule has 0 aromatic heterocycles. The Morgan fingerprint density at radius 1 is 1.37 bits per heavy atom. The Morgan fingerprint density at radius 2 is 2.11 bits per heavy atom. The topological polar surface area (TPSA) is 66.4 Å². The second-order valence-electron chi connectivity index (χ2n) is 3.79. The van der Waals surface area contributed by atoms with Crippen LogP contribution in [-0.4, -0.2) is 23.5 Å². The van der Waals surface area contributed by atoms with Crippen molar-refractivity contribution in [3.05, 3.63) is 41.5 Å². The van der Waals surface area contributed by atoms with E-state index in [2.05, 4.69) is 17.2 Å². The Balaban J connectivity index is 2.70. The number of aliphatic carboxylic acids is 1. The van der Waals surface area contributed by atoms with Crippen LogP contribution in [0.5, 0.6) is 0 Å². The highest BCUT2D eigenvalue weighted by Gasteiger charge is 1.95. The lowest BCUT2D eigenvalue weighted by molar-refractivity contribution is -0.131. The highest BCUT2D eigenvalue weighted by Crippen LogP contribution is 2.09. The van der Waals surface area contributed by atoms with Gasteiger partial charge in [0.15, 0.2) is 0 Å². The molecule has 0 aliphatic carbocycles. The van der Waals surface area contributed by atoms with Gasteiger partial charge in [-0.25, -0.2) is 4.79 Å². The molecular formula is C15H15NO3. The fraction of sp³-hybridized carbons (Fsp3) is 0.200. The predicted octanol–water partition coefficient (Wildman–Crippen LogP) is 1.66. The zero-order chi connectivity index (χ0) is 14.1. The molecule has 0 heterocycles. The Morgan fingerprint density at radius 3 is 2.79 bits per heavy atom. The lowest BCUT2D eigenvalue weighted by Crippen LogP contribution is -2.20. The molecule has 0 saturated carbocycles. The van der Waals surface area contributed by atoms with Crippen molar-refractivity contribution in [1.29, 1.82) is 0 Å². The van der Waals surface area contributed by atoms with Crippen LogP contribution in [0.1, 0.15) is 24.5 Å². The summed E-state index contributed by atoms with van der Waals surface area (Å²) in [4.78, 5) is 21.1. The van der Waals surface area contributed by atoms with Crippen LogP contribution in [-0.2, 0) is 9.59 Å². The van der Waals surface area contributed by atoms with Gasteiger partial charge in [-0.15, -0.1) is 0 Å². The molecule has 0 unspecified atom stereocenters. The smallest absolute Gasteiger partial charge is 0.328 e. The molecule has 19 heavy (non-hydrogen) atoms. The van der Waals surface area contributed by atoms with Crippen LogP contribution in [0.2, 0.25) is 0 Å². The maximum Gasteiger partial charge on any atom is 0.328 e. The van der Waals surface area contributed by atoms with Crippen molar-refractivity contribution in [1.82, 2.24) is 5.32 Å². The van der Waals surface area contributed by atoms with Crippen molar-refractivity contribution < 1.29 is 14.7 Å². The summed E-state index contributed by atoms with van der Waals surface area (Å²) in [6, 6.07) is 7.30. The monoisotopic (exact) mass is 257 g/mol. The summed E-state index contributed by atoms with van der Waals surface area (Å²) >= 11 is 0. The number of carboxylic acids is 1. The third kappa shape index (κ3) is 6.08. The van der Waals surface area contributed by atoms with E-state index in [0.717, 1.165) is 17.2 Å². The lowest BCUT2D eigenvalue weighted by Gasteiger charge is -1.98. The molecule has 1 amide bonds. The number of hydrogen-bond acceptors (Lipinski definition) is 2. The molecular weight excluding hydrogens is 242 g/mol. The molecule has 1 aromatic carbocycles. The van der Waals surface area contributed by atoms with E-state index in [1.165, 1.54) is 13.0 Å². The first-order chi connectivity index (χ1) is 9.09. The molecule has 0 spiro atoms. The fourth-order valence-electron chi connectivity index (χ4n) is 1.38. The summed E-state index contributed by atoms with van der Waals surface area (Å²) in [5.41, 5.74) is 1.53. The Kier molecular flexibility index (Phi) is 5.90. The van der Waals surface area contributed by atoms with Gasteiger partial charge in [-0.3, -0.25) is 4.79 Å². The molecule has 2 N–H and O–H groups in total. The van der Waals surface area contributed by atoms with Gasteiger partial charge < -0.3 is 10.4 Å². The van der Waals surface area contributed by atoms with Crippen LogP contribution in [0, 0.1) is 11.8 Å². The molecule has 0 aliphatic heterocycles. The van der Waals surface area contributed by atoms with Gasteiger partial charge in [0.2, 0.25) is 5.91 Å². The number of nitrogens with one attached hydrogen (secondary N) is 1. The van der Waals surface area contributed by atoms with Crippen molar-refractivity contribution in [2.45, 2.75) is 13.3 Å². The molecule has 4 heteroatoms. The van der Waals surface area contributed by atoms with Crippen molar-refractivity contribution in [2.75, 3.05) is 6.54 Å².